The summed E-state index contributed by atoms with van der Waals surface area (Å²) < 4.78 is 4.63. The molecule has 0 aliphatic heterocycles. The van der Waals surface area contributed by atoms with E-state index in [4.69, 9.17) is 0 Å². The number of esters is 1. The number of carbonyl (C=O) groups is 1. The number of hydrogen-bond donors (Lipinski definition) is 0. The normalized spacial score (nSPS) is 12.3. The fraction of sp³-hybridized carbons (Fsp3) is 0.944. The molecule has 2 heteroatoms. The van der Waals surface area contributed by atoms with Gasteiger partial charge < -0.3 is 4.74 Å². The van der Waals surface area contributed by atoms with Crippen LogP contribution in [-0.2, 0) is 9.53 Å². The predicted molar refractivity (Wildman–Crippen MR) is 86.9 cm³/mol. The zero-order chi connectivity index (χ0) is 15.1. The zero-order valence-corrected chi connectivity index (χ0v) is 14.1. The highest BCUT2D eigenvalue weighted by molar-refractivity contribution is 5.68. The molecular weight excluding hydrogens is 248 g/mol. The van der Waals surface area contributed by atoms with E-state index in [1.807, 2.05) is 0 Å². The lowest BCUT2D eigenvalue weighted by Crippen LogP contribution is -1.99. The second-order valence-electron chi connectivity index (χ2n) is 6.19. The minimum atomic E-state index is -0.0674. The van der Waals surface area contributed by atoms with Crippen LogP contribution in [0.15, 0.2) is 0 Å². The van der Waals surface area contributed by atoms with Crippen molar-refractivity contribution in [1.82, 2.24) is 0 Å². The Bertz CT molecular complexity index is 213. The van der Waals surface area contributed by atoms with Crippen LogP contribution in [0.4, 0.5) is 0 Å². The van der Waals surface area contributed by atoms with Crippen LogP contribution in [0.25, 0.3) is 0 Å². The summed E-state index contributed by atoms with van der Waals surface area (Å²) in [5.41, 5.74) is 0. The standard InChI is InChI=1S/C18H36O2/c1-4-5-14-17(2)15-12-10-8-6-7-9-11-13-16-18(19)20-3/h17H,4-16H2,1-3H3/t17-/m0/s1. The predicted octanol–water partition coefficient (Wildman–Crippen LogP) is 5.89. The summed E-state index contributed by atoms with van der Waals surface area (Å²) in [5.74, 6) is 0.857. The van der Waals surface area contributed by atoms with Crippen LogP contribution in [-0.4, -0.2) is 13.1 Å². The van der Waals surface area contributed by atoms with Gasteiger partial charge in [-0.05, 0) is 12.3 Å². The highest BCUT2D eigenvalue weighted by Crippen LogP contribution is 2.17. The van der Waals surface area contributed by atoms with E-state index in [9.17, 15) is 4.79 Å². The largest absolute Gasteiger partial charge is 0.469 e. The van der Waals surface area contributed by atoms with Crippen LogP contribution in [0.3, 0.4) is 0 Å². The van der Waals surface area contributed by atoms with E-state index in [-0.39, 0.29) is 5.97 Å². The van der Waals surface area contributed by atoms with E-state index in [1.165, 1.54) is 77.7 Å². The lowest BCUT2D eigenvalue weighted by Gasteiger charge is -2.10. The van der Waals surface area contributed by atoms with Gasteiger partial charge in [0.05, 0.1) is 7.11 Å². The Morgan fingerprint density at radius 2 is 1.35 bits per heavy atom. The Morgan fingerprint density at radius 3 is 1.90 bits per heavy atom. The van der Waals surface area contributed by atoms with Gasteiger partial charge in [-0.1, -0.05) is 84.5 Å². The summed E-state index contributed by atoms with van der Waals surface area (Å²) in [6.07, 6.45) is 16.5. The van der Waals surface area contributed by atoms with Gasteiger partial charge in [-0.3, -0.25) is 4.79 Å². The molecule has 0 aromatic rings. The SMILES string of the molecule is CCCC[C@H](C)CCCCCCCCCCC(=O)OC. The van der Waals surface area contributed by atoms with Crippen LogP contribution in [0.5, 0.6) is 0 Å². The topological polar surface area (TPSA) is 26.3 Å². The number of ether oxygens (including phenoxy) is 1. The zero-order valence-electron chi connectivity index (χ0n) is 14.1. The molecule has 0 spiro atoms. The minimum absolute atomic E-state index is 0.0674. The smallest absolute Gasteiger partial charge is 0.305 e. The molecule has 20 heavy (non-hydrogen) atoms. The first-order chi connectivity index (χ1) is 9.70. The molecule has 0 amide bonds. The van der Waals surface area contributed by atoms with Gasteiger partial charge in [0.15, 0.2) is 0 Å². The summed E-state index contributed by atoms with van der Waals surface area (Å²) in [5, 5.41) is 0. The molecule has 0 fully saturated rings. The first-order valence-electron chi connectivity index (χ1n) is 8.77. The average molecular weight is 284 g/mol. The van der Waals surface area contributed by atoms with Crippen molar-refractivity contribution in [2.75, 3.05) is 7.11 Å². The number of rotatable bonds is 14. The number of methoxy groups -OCH3 is 1. The van der Waals surface area contributed by atoms with Crippen LogP contribution in [0, 0.1) is 5.92 Å². The average Bonchev–Trinajstić information content (AvgIpc) is 2.46. The molecule has 0 aromatic carbocycles. The Hall–Kier alpha value is -0.530. The number of unbranched alkanes of at least 4 members (excludes halogenated alkanes) is 8. The van der Waals surface area contributed by atoms with Gasteiger partial charge in [-0.15, -0.1) is 0 Å². The quantitative estimate of drug-likeness (QED) is 0.294. The third-order valence-electron chi connectivity index (χ3n) is 4.11. The molecule has 2 nitrogen and oxygen atoms in total. The van der Waals surface area contributed by atoms with E-state index in [0.29, 0.717) is 6.42 Å². The molecule has 0 bridgehead atoms. The maximum atomic E-state index is 10.9. The van der Waals surface area contributed by atoms with Crippen molar-refractivity contribution in [2.45, 2.75) is 97.3 Å². The molecule has 0 saturated heterocycles. The van der Waals surface area contributed by atoms with Crippen LogP contribution in [0.1, 0.15) is 97.3 Å². The number of hydrogen-bond acceptors (Lipinski definition) is 2. The minimum Gasteiger partial charge on any atom is -0.469 e. The van der Waals surface area contributed by atoms with Gasteiger partial charge in [0, 0.05) is 6.42 Å². The van der Waals surface area contributed by atoms with Crippen molar-refractivity contribution in [1.29, 1.82) is 0 Å². The summed E-state index contributed by atoms with van der Waals surface area (Å²) >= 11 is 0. The highest BCUT2D eigenvalue weighted by Gasteiger charge is 2.01. The van der Waals surface area contributed by atoms with Crippen molar-refractivity contribution >= 4 is 5.97 Å². The van der Waals surface area contributed by atoms with Crippen LogP contribution in [0.2, 0.25) is 0 Å². The summed E-state index contributed by atoms with van der Waals surface area (Å²) in [6.45, 7) is 4.68. The second-order valence-corrected chi connectivity index (χ2v) is 6.19. The molecule has 0 aromatic heterocycles. The van der Waals surface area contributed by atoms with E-state index < -0.39 is 0 Å². The van der Waals surface area contributed by atoms with Crippen molar-refractivity contribution in [2.24, 2.45) is 5.92 Å². The molecule has 120 valence electrons. The highest BCUT2D eigenvalue weighted by atomic mass is 16.5. The van der Waals surface area contributed by atoms with Gasteiger partial charge in [0.25, 0.3) is 0 Å². The van der Waals surface area contributed by atoms with Gasteiger partial charge >= 0.3 is 5.97 Å². The maximum absolute atomic E-state index is 10.9. The molecule has 1 atom stereocenters. The van der Waals surface area contributed by atoms with Crippen molar-refractivity contribution < 1.29 is 9.53 Å². The van der Waals surface area contributed by atoms with Crippen LogP contribution < -0.4 is 0 Å². The fourth-order valence-corrected chi connectivity index (χ4v) is 2.62. The molecule has 0 saturated carbocycles. The fourth-order valence-electron chi connectivity index (χ4n) is 2.62. The lowest BCUT2D eigenvalue weighted by atomic mass is 9.97. The maximum Gasteiger partial charge on any atom is 0.305 e. The summed E-state index contributed by atoms with van der Waals surface area (Å²) in [4.78, 5) is 10.9. The van der Waals surface area contributed by atoms with E-state index in [1.54, 1.807) is 0 Å². The molecule has 0 radical (unpaired) electrons. The summed E-state index contributed by atoms with van der Waals surface area (Å²) in [6, 6.07) is 0. The molecule has 0 aliphatic carbocycles. The van der Waals surface area contributed by atoms with Gasteiger partial charge in [0.1, 0.15) is 0 Å². The van der Waals surface area contributed by atoms with Gasteiger partial charge in [-0.2, -0.15) is 0 Å². The number of carbonyl (C=O) groups excluding carboxylic acids is 1. The van der Waals surface area contributed by atoms with Gasteiger partial charge in [0.2, 0.25) is 0 Å². The Balaban J connectivity index is 3.11. The Labute approximate surface area is 126 Å². The Kier molecular flexibility index (Phi) is 14.5. The molecule has 0 aliphatic rings. The van der Waals surface area contributed by atoms with E-state index in [0.717, 1.165) is 12.3 Å². The van der Waals surface area contributed by atoms with Crippen LogP contribution >= 0.6 is 0 Å². The second kappa shape index (κ2) is 14.9. The molecule has 0 N–H and O–H groups in total. The lowest BCUT2D eigenvalue weighted by molar-refractivity contribution is -0.140. The molecular formula is C18H36O2. The molecule has 0 heterocycles. The first kappa shape index (κ1) is 19.5. The first-order valence-corrected chi connectivity index (χ1v) is 8.77. The monoisotopic (exact) mass is 284 g/mol. The molecule has 0 unspecified atom stereocenters. The van der Waals surface area contributed by atoms with Crippen molar-refractivity contribution in [3.8, 4) is 0 Å². The molecule has 0 rings (SSSR count). The summed E-state index contributed by atoms with van der Waals surface area (Å²) in [7, 11) is 1.46. The van der Waals surface area contributed by atoms with Gasteiger partial charge in [-0.25, -0.2) is 0 Å². The van der Waals surface area contributed by atoms with Crippen molar-refractivity contribution in [3.63, 3.8) is 0 Å². The van der Waals surface area contributed by atoms with E-state index in [2.05, 4.69) is 18.6 Å². The third-order valence-corrected chi connectivity index (χ3v) is 4.11. The van der Waals surface area contributed by atoms with Crippen molar-refractivity contribution in [3.05, 3.63) is 0 Å². The Morgan fingerprint density at radius 1 is 0.850 bits per heavy atom. The van der Waals surface area contributed by atoms with E-state index >= 15 is 0 Å². The third kappa shape index (κ3) is 13.9.